The number of hydrogen-bond acceptors (Lipinski definition) is 6. The van der Waals surface area contributed by atoms with Crippen molar-refractivity contribution < 1.29 is 19.1 Å². The molecule has 0 aliphatic carbocycles. The lowest BCUT2D eigenvalue weighted by atomic mass is 10.0. The first-order chi connectivity index (χ1) is 14.9. The lowest BCUT2D eigenvalue weighted by Crippen LogP contribution is -2.34. The lowest BCUT2D eigenvalue weighted by Gasteiger charge is -2.18. The first-order valence-electron chi connectivity index (χ1n) is 9.95. The summed E-state index contributed by atoms with van der Waals surface area (Å²) >= 11 is 0. The van der Waals surface area contributed by atoms with E-state index in [0.29, 0.717) is 22.8 Å². The van der Waals surface area contributed by atoms with Crippen molar-refractivity contribution in [2.45, 2.75) is 13.0 Å². The summed E-state index contributed by atoms with van der Waals surface area (Å²) in [7, 11) is 6.61. The predicted molar refractivity (Wildman–Crippen MR) is 123 cm³/mol. The molecule has 31 heavy (non-hydrogen) atoms. The molecular formula is C23H28N4O4. The molecule has 0 aromatic heterocycles. The second kappa shape index (κ2) is 9.53. The molecule has 0 fully saturated rings. The van der Waals surface area contributed by atoms with Crippen molar-refractivity contribution in [1.29, 1.82) is 0 Å². The Balaban J connectivity index is 1.76. The number of ether oxygens (including phenoxy) is 2. The molecule has 0 spiro atoms. The molecule has 2 aromatic carbocycles. The molecule has 3 N–H and O–H groups in total. The number of hydrogen-bond donors (Lipinski definition) is 3. The average molecular weight is 425 g/mol. The van der Waals surface area contributed by atoms with Crippen LogP contribution in [0.2, 0.25) is 0 Å². The van der Waals surface area contributed by atoms with Gasteiger partial charge in [0.05, 0.1) is 26.5 Å². The van der Waals surface area contributed by atoms with Gasteiger partial charge in [-0.3, -0.25) is 9.59 Å². The standard InChI is InChI=1S/C23H28N4O4/c1-14(25-15-6-8-16(9-7-15)27(3)22(28)13-24-2)10-18-17-11-20(30-4)21(31-5)12-19(17)26-23(18)29/h6-12,14,24-25H,13H2,1-5H3,(H,26,29). The van der Waals surface area contributed by atoms with Crippen LogP contribution in [0.5, 0.6) is 11.5 Å². The van der Waals surface area contributed by atoms with Crippen LogP contribution >= 0.6 is 0 Å². The molecule has 1 unspecified atom stereocenters. The zero-order valence-electron chi connectivity index (χ0n) is 18.4. The van der Waals surface area contributed by atoms with E-state index >= 15 is 0 Å². The van der Waals surface area contributed by atoms with E-state index in [1.807, 2.05) is 37.3 Å². The van der Waals surface area contributed by atoms with Crippen molar-refractivity contribution in [1.82, 2.24) is 5.32 Å². The van der Waals surface area contributed by atoms with Gasteiger partial charge in [-0.2, -0.15) is 0 Å². The second-order valence-corrected chi connectivity index (χ2v) is 7.25. The van der Waals surface area contributed by atoms with Crippen LogP contribution < -0.4 is 30.3 Å². The number of fused-ring (bicyclic) bond motifs is 1. The average Bonchev–Trinajstić information content (AvgIpc) is 3.06. The predicted octanol–water partition coefficient (Wildman–Crippen LogP) is 2.72. The molecule has 1 aliphatic heterocycles. The summed E-state index contributed by atoms with van der Waals surface area (Å²) < 4.78 is 10.7. The molecule has 2 aromatic rings. The summed E-state index contributed by atoms with van der Waals surface area (Å²) in [4.78, 5) is 26.1. The van der Waals surface area contributed by atoms with Gasteiger partial charge in [-0.1, -0.05) is 0 Å². The van der Waals surface area contributed by atoms with Crippen LogP contribution in [0.25, 0.3) is 5.57 Å². The number of anilines is 3. The Bertz CT molecular complexity index is 1000. The molecule has 3 rings (SSSR count). The highest BCUT2D eigenvalue weighted by Gasteiger charge is 2.27. The number of nitrogens with one attached hydrogen (secondary N) is 3. The van der Waals surface area contributed by atoms with E-state index in [0.717, 1.165) is 16.9 Å². The maximum Gasteiger partial charge on any atom is 0.256 e. The summed E-state index contributed by atoms with van der Waals surface area (Å²) in [6, 6.07) is 11.0. The minimum atomic E-state index is -0.168. The quantitative estimate of drug-likeness (QED) is 0.565. The Morgan fingerprint density at radius 1 is 1.16 bits per heavy atom. The van der Waals surface area contributed by atoms with Gasteiger partial charge < -0.3 is 30.3 Å². The fourth-order valence-corrected chi connectivity index (χ4v) is 3.43. The topological polar surface area (TPSA) is 91.9 Å². The van der Waals surface area contributed by atoms with Gasteiger partial charge in [-0.25, -0.2) is 0 Å². The highest BCUT2D eigenvalue weighted by Crippen LogP contribution is 2.40. The third-order valence-corrected chi connectivity index (χ3v) is 5.07. The van der Waals surface area contributed by atoms with E-state index < -0.39 is 0 Å². The minimum Gasteiger partial charge on any atom is -0.493 e. The normalized spacial score (nSPS) is 14.6. The largest absolute Gasteiger partial charge is 0.493 e. The molecule has 2 amide bonds. The first-order valence-corrected chi connectivity index (χ1v) is 9.95. The van der Waals surface area contributed by atoms with Gasteiger partial charge in [-0.05, 0) is 50.4 Å². The SMILES string of the molecule is CNCC(=O)N(C)c1ccc(NC(C)C=C2C(=O)Nc3cc(OC)c(OC)cc32)cc1. The van der Waals surface area contributed by atoms with E-state index in [2.05, 4.69) is 16.0 Å². The highest BCUT2D eigenvalue weighted by molar-refractivity contribution is 6.31. The van der Waals surface area contributed by atoms with Crippen LogP contribution in [-0.4, -0.2) is 52.7 Å². The molecule has 0 bridgehead atoms. The van der Waals surface area contributed by atoms with Gasteiger partial charge in [0.1, 0.15) is 0 Å². The molecule has 1 heterocycles. The Morgan fingerprint density at radius 2 is 1.81 bits per heavy atom. The molecule has 0 saturated heterocycles. The van der Waals surface area contributed by atoms with E-state index in [-0.39, 0.29) is 24.4 Å². The Labute approximate surface area is 182 Å². The molecule has 8 nitrogen and oxygen atoms in total. The molecule has 164 valence electrons. The number of carbonyl (C=O) groups is 2. The molecule has 1 atom stereocenters. The molecule has 0 radical (unpaired) electrons. The van der Waals surface area contributed by atoms with Crippen molar-refractivity contribution in [2.24, 2.45) is 0 Å². The summed E-state index contributed by atoms with van der Waals surface area (Å²) in [6.45, 7) is 2.25. The minimum absolute atomic E-state index is 0.0146. The van der Waals surface area contributed by atoms with Crippen molar-refractivity contribution in [3.8, 4) is 11.5 Å². The molecule has 0 saturated carbocycles. The van der Waals surface area contributed by atoms with Gasteiger partial charge >= 0.3 is 0 Å². The van der Waals surface area contributed by atoms with Crippen molar-refractivity contribution in [2.75, 3.05) is 50.4 Å². The number of rotatable bonds is 8. The summed E-state index contributed by atoms with van der Waals surface area (Å²) in [5, 5.41) is 9.09. The number of nitrogens with zero attached hydrogens (tertiary/aromatic N) is 1. The monoisotopic (exact) mass is 424 g/mol. The fraction of sp³-hybridized carbons (Fsp3) is 0.304. The highest BCUT2D eigenvalue weighted by atomic mass is 16.5. The van der Waals surface area contributed by atoms with Crippen LogP contribution in [0, 0.1) is 0 Å². The summed E-state index contributed by atoms with van der Waals surface area (Å²) in [5.74, 6) is 0.947. The van der Waals surface area contributed by atoms with Gasteiger partial charge in [-0.15, -0.1) is 0 Å². The Kier molecular flexibility index (Phi) is 6.81. The molecule has 1 aliphatic rings. The van der Waals surface area contributed by atoms with Crippen LogP contribution in [0.3, 0.4) is 0 Å². The van der Waals surface area contributed by atoms with Crippen LogP contribution in [0.15, 0.2) is 42.5 Å². The number of benzene rings is 2. The van der Waals surface area contributed by atoms with Crippen LogP contribution in [-0.2, 0) is 9.59 Å². The Morgan fingerprint density at radius 3 is 2.42 bits per heavy atom. The molecular weight excluding hydrogens is 396 g/mol. The van der Waals surface area contributed by atoms with Crippen molar-refractivity contribution in [3.63, 3.8) is 0 Å². The van der Waals surface area contributed by atoms with Crippen LogP contribution in [0.4, 0.5) is 17.1 Å². The van der Waals surface area contributed by atoms with Crippen LogP contribution in [0.1, 0.15) is 12.5 Å². The zero-order valence-corrected chi connectivity index (χ0v) is 18.4. The van der Waals surface area contributed by atoms with Crippen molar-refractivity contribution >= 4 is 34.4 Å². The second-order valence-electron chi connectivity index (χ2n) is 7.25. The number of methoxy groups -OCH3 is 2. The maximum absolute atomic E-state index is 12.5. The summed E-state index contributed by atoms with van der Waals surface area (Å²) in [6.07, 6.45) is 1.88. The third kappa shape index (κ3) is 4.80. The first kappa shape index (κ1) is 22.2. The van der Waals surface area contributed by atoms with Gasteiger partial charge in [0.15, 0.2) is 11.5 Å². The Hall–Kier alpha value is -3.52. The lowest BCUT2D eigenvalue weighted by molar-refractivity contribution is -0.117. The number of likely N-dealkylation sites (N-methyl/N-ethyl adjacent to an activating group) is 2. The fourth-order valence-electron chi connectivity index (χ4n) is 3.43. The van der Waals surface area contributed by atoms with E-state index in [1.54, 1.807) is 45.3 Å². The zero-order chi connectivity index (χ0) is 22.5. The van der Waals surface area contributed by atoms with E-state index in [1.165, 1.54) is 0 Å². The third-order valence-electron chi connectivity index (χ3n) is 5.07. The van der Waals surface area contributed by atoms with E-state index in [4.69, 9.17) is 9.47 Å². The number of amides is 2. The smallest absolute Gasteiger partial charge is 0.256 e. The van der Waals surface area contributed by atoms with Crippen molar-refractivity contribution in [3.05, 3.63) is 48.0 Å². The molecule has 8 heteroatoms. The van der Waals surface area contributed by atoms with Gasteiger partial charge in [0.25, 0.3) is 5.91 Å². The summed E-state index contributed by atoms with van der Waals surface area (Å²) in [5.41, 5.74) is 3.73. The van der Waals surface area contributed by atoms with E-state index in [9.17, 15) is 9.59 Å². The van der Waals surface area contributed by atoms with Gasteiger partial charge in [0, 0.05) is 41.7 Å². The number of carbonyl (C=O) groups excluding carboxylic acids is 2. The van der Waals surface area contributed by atoms with Gasteiger partial charge in [0.2, 0.25) is 5.91 Å². The maximum atomic E-state index is 12.5.